The lowest BCUT2D eigenvalue weighted by Gasteiger charge is -2.08. The zero-order valence-electron chi connectivity index (χ0n) is 12.1. The van der Waals surface area contributed by atoms with Gasteiger partial charge >= 0.3 is 0 Å². The van der Waals surface area contributed by atoms with Gasteiger partial charge in [0.2, 0.25) is 0 Å². The smallest absolute Gasteiger partial charge is 0.153 e. The molecule has 2 rings (SSSR count). The van der Waals surface area contributed by atoms with E-state index in [0.717, 1.165) is 30.2 Å². The topological polar surface area (TPSA) is 42.7 Å². The molecule has 0 bridgehead atoms. The Labute approximate surface area is 114 Å². The molecule has 0 amide bonds. The van der Waals surface area contributed by atoms with Crippen LogP contribution in [0, 0.1) is 0 Å². The second kappa shape index (κ2) is 5.97. The van der Waals surface area contributed by atoms with Gasteiger partial charge in [0.25, 0.3) is 0 Å². The van der Waals surface area contributed by atoms with Crippen LogP contribution < -0.4 is 5.32 Å². The average Bonchev–Trinajstić information content (AvgIpc) is 2.88. The Balaban J connectivity index is 2.38. The number of hydrogen-bond donors (Lipinski definition) is 1. The molecular formula is C15H22N4. The second-order valence-electron chi connectivity index (χ2n) is 5.05. The highest BCUT2D eigenvalue weighted by Crippen LogP contribution is 2.15. The van der Waals surface area contributed by atoms with Gasteiger partial charge in [0.15, 0.2) is 5.82 Å². The van der Waals surface area contributed by atoms with Gasteiger partial charge in [0, 0.05) is 18.4 Å². The second-order valence-corrected chi connectivity index (χ2v) is 5.05. The Morgan fingerprint density at radius 1 is 1.32 bits per heavy atom. The predicted molar refractivity (Wildman–Crippen MR) is 77.6 cm³/mol. The van der Waals surface area contributed by atoms with E-state index < -0.39 is 0 Å². The number of nitrogens with zero attached hydrogens (tertiary/aromatic N) is 3. The molecule has 0 aliphatic rings. The molecular weight excluding hydrogens is 236 g/mol. The number of hydrogen-bond acceptors (Lipinski definition) is 3. The van der Waals surface area contributed by atoms with Gasteiger partial charge in [0.05, 0.1) is 5.69 Å². The van der Waals surface area contributed by atoms with Crippen LogP contribution in [-0.4, -0.2) is 21.8 Å². The first-order chi connectivity index (χ1) is 9.13. The summed E-state index contributed by atoms with van der Waals surface area (Å²) in [5, 5.41) is 7.77. The number of nitrogens with one attached hydrogen (secondary N) is 1. The molecule has 2 aromatic heterocycles. The van der Waals surface area contributed by atoms with Crippen molar-refractivity contribution in [1.82, 2.24) is 20.1 Å². The molecule has 0 aromatic carbocycles. The fraction of sp³-hybridized carbons (Fsp3) is 0.467. The fourth-order valence-electron chi connectivity index (χ4n) is 2.01. The van der Waals surface area contributed by atoms with E-state index in [1.165, 1.54) is 5.56 Å². The zero-order chi connectivity index (χ0) is 13.8. The molecule has 4 nitrogen and oxygen atoms in total. The summed E-state index contributed by atoms with van der Waals surface area (Å²) >= 11 is 0. The summed E-state index contributed by atoms with van der Waals surface area (Å²) < 4.78 is 1.87. The monoisotopic (exact) mass is 258 g/mol. The molecule has 0 fully saturated rings. The molecule has 2 aromatic rings. The molecule has 0 saturated carbocycles. The van der Waals surface area contributed by atoms with Crippen LogP contribution in [0.1, 0.15) is 43.6 Å². The highest BCUT2D eigenvalue weighted by Gasteiger charge is 2.07. The van der Waals surface area contributed by atoms with Crippen LogP contribution in [0.15, 0.2) is 24.4 Å². The Hall–Kier alpha value is -1.68. The number of rotatable bonds is 5. The van der Waals surface area contributed by atoms with E-state index >= 15 is 0 Å². The third-order valence-electron chi connectivity index (χ3n) is 3.10. The Morgan fingerprint density at radius 3 is 2.68 bits per heavy atom. The lowest BCUT2D eigenvalue weighted by Crippen LogP contribution is -2.09. The van der Waals surface area contributed by atoms with Crippen molar-refractivity contribution in [1.29, 1.82) is 0 Å². The maximum Gasteiger partial charge on any atom is 0.153 e. The first kappa shape index (κ1) is 13.7. The third kappa shape index (κ3) is 3.20. The van der Waals surface area contributed by atoms with Crippen LogP contribution in [-0.2, 0) is 13.0 Å². The minimum Gasteiger partial charge on any atom is -0.316 e. The van der Waals surface area contributed by atoms with E-state index in [1.807, 2.05) is 17.9 Å². The first-order valence-electron chi connectivity index (χ1n) is 6.84. The van der Waals surface area contributed by atoms with Gasteiger partial charge in [-0.25, -0.2) is 9.67 Å². The quantitative estimate of drug-likeness (QED) is 0.896. The van der Waals surface area contributed by atoms with E-state index in [4.69, 9.17) is 0 Å². The fourth-order valence-corrected chi connectivity index (χ4v) is 2.01. The molecule has 0 saturated heterocycles. The summed E-state index contributed by atoms with van der Waals surface area (Å²) in [5.41, 5.74) is 3.44. The molecule has 0 radical (unpaired) electrons. The lowest BCUT2D eigenvalue weighted by molar-refractivity contribution is 0.748. The van der Waals surface area contributed by atoms with E-state index in [0.29, 0.717) is 5.92 Å². The molecule has 1 N–H and O–H groups in total. The molecule has 0 aliphatic heterocycles. The molecule has 4 heteroatoms. The van der Waals surface area contributed by atoms with Crippen molar-refractivity contribution in [2.45, 2.75) is 39.7 Å². The molecule has 102 valence electrons. The van der Waals surface area contributed by atoms with Gasteiger partial charge in [0.1, 0.15) is 0 Å². The van der Waals surface area contributed by atoms with Crippen LogP contribution in [0.5, 0.6) is 0 Å². The van der Waals surface area contributed by atoms with E-state index in [9.17, 15) is 0 Å². The summed E-state index contributed by atoms with van der Waals surface area (Å²) in [7, 11) is 1.95. The van der Waals surface area contributed by atoms with E-state index in [1.54, 1.807) is 0 Å². The molecule has 0 aliphatic carbocycles. The van der Waals surface area contributed by atoms with Gasteiger partial charge in [-0.05, 0) is 43.1 Å². The first-order valence-corrected chi connectivity index (χ1v) is 6.84. The molecule has 19 heavy (non-hydrogen) atoms. The SMILES string of the molecule is CCc1cc(CNC)cc(-n2ccc(C(C)C)n2)n1. The number of aromatic nitrogens is 3. The van der Waals surface area contributed by atoms with Crippen molar-refractivity contribution >= 4 is 0 Å². The normalized spacial score (nSPS) is 11.2. The van der Waals surface area contributed by atoms with Crippen molar-refractivity contribution in [2.75, 3.05) is 7.05 Å². The summed E-state index contributed by atoms with van der Waals surface area (Å²) in [6.07, 6.45) is 2.92. The van der Waals surface area contributed by atoms with Gasteiger partial charge in [-0.1, -0.05) is 20.8 Å². The minimum atomic E-state index is 0.437. The Morgan fingerprint density at radius 2 is 2.11 bits per heavy atom. The summed E-state index contributed by atoms with van der Waals surface area (Å²) in [6.45, 7) is 7.27. The number of pyridine rings is 1. The molecule has 0 atom stereocenters. The van der Waals surface area contributed by atoms with Gasteiger partial charge < -0.3 is 5.32 Å². The maximum absolute atomic E-state index is 4.65. The van der Waals surface area contributed by atoms with Crippen molar-refractivity contribution in [3.63, 3.8) is 0 Å². The van der Waals surface area contributed by atoms with Gasteiger partial charge in [-0.15, -0.1) is 0 Å². The van der Waals surface area contributed by atoms with Crippen molar-refractivity contribution < 1.29 is 0 Å². The van der Waals surface area contributed by atoms with Crippen LogP contribution >= 0.6 is 0 Å². The molecule has 0 spiro atoms. The largest absolute Gasteiger partial charge is 0.316 e. The zero-order valence-corrected chi connectivity index (χ0v) is 12.1. The van der Waals surface area contributed by atoms with Crippen LogP contribution in [0.25, 0.3) is 5.82 Å². The number of aryl methyl sites for hydroxylation is 1. The van der Waals surface area contributed by atoms with Crippen LogP contribution in [0.4, 0.5) is 0 Å². The standard InChI is InChI=1S/C15H22N4/c1-5-13-8-12(10-16-4)9-15(17-13)19-7-6-14(18-19)11(2)3/h6-9,11,16H,5,10H2,1-4H3. The van der Waals surface area contributed by atoms with E-state index in [2.05, 4.69) is 54.4 Å². The third-order valence-corrected chi connectivity index (χ3v) is 3.10. The summed E-state index contributed by atoms with van der Waals surface area (Å²) in [6, 6.07) is 6.29. The van der Waals surface area contributed by atoms with Crippen LogP contribution in [0.3, 0.4) is 0 Å². The van der Waals surface area contributed by atoms with Gasteiger partial charge in [-0.2, -0.15) is 5.10 Å². The molecule has 0 unspecified atom stereocenters. The Bertz CT molecular complexity index is 543. The van der Waals surface area contributed by atoms with Crippen molar-refractivity contribution in [3.8, 4) is 5.82 Å². The van der Waals surface area contributed by atoms with Gasteiger partial charge in [-0.3, -0.25) is 0 Å². The van der Waals surface area contributed by atoms with Crippen LogP contribution in [0.2, 0.25) is 0 Å². The highest BCUT2D eigenvalue weighted by molar-refractivity contribution is 5.31. The summed E-state index contributed by atoms with van der Waals surface area (Å²) in [4.78, 5) is 4.65. The summed E-state index contributed by atoms with van der Waals surface area (Å²) in [5.74, 6) is 1.34. The van der Waals surface area contributed by atoms with Crippen molar-refractivity contribution in [3.05, 3.63) is 41.3 Å². The average molecular weight is 258 g/mol. The molecule has 2 heterocycles. The maximum atomic E-state index is 4.65. The predicted octanol–water partition coefficient (Wildman–Crippen LogP) is 2.67. The Kier molecular flexibility index (Phi) is 4.32. The van der Waals surface area contributed by atoms with E-state index in [-0.39, 0.29) is 0 Å². The highest BCUT2D eigenvalue weighted by atomic mass is 15.3. The van der Waals surface area contributed by atoms with Crippen molar-refractivity contribution in [2.24, 2.45) is 0 Å². The lowest BCUT2D eigenvalue weighted by atomic mass is 10.1. The minimum absolute atomic E-state index is 0.437.